The molecule has 2 aliphatic rings. The molecule has 166 valence electrons. The number of hydrogen-bond donors (Lipinski definition) is 1. The van der Waals surface area contributed by atoms with Crippen molar-refractivity contribution in [3.05, 3.63) is 75.8 Å². The van der Waals surface area contributed by atoms with Crippen LogP contribution in [0.25, 0.3) is 0 Å². The summed E-state index contributed by atoms with van der Waals surface area (Å²) in [6.45, 7) is 3.09. The standard InChI is InChI=1S/C23H24N4O3S2/c1-32(29,30)27-12-9-17-13-18(7-8-20(17)27)22(28)25-23-24-19-10-11-26(15-21(19)31-23)14-16-5-3-2-4-6-16/h2-8,13H,9-12,14-15H2,1H3,(H,24,25,28). The third kappa shape index (κ3) is 4.28. The van der Waals surface area contributed by atoms with Crippen LogP contribution >= 0.6 is 11.3 Å². The van der Waals surface area contributed by atoms with Crippen molar-refractivity contribution < 1.29 is 13.2 Å². The summed E-state index contributed by atoms with van der Waals surface area (Å²) in [5.41, 5.74) is 4.40. The Morgan fingerprint density at radius 2 is 1.94 bits per heavy atom. The van der Waals surface area contributed by atoms with Gasteiger partial charge in [-0.25, -0.2) is 13.4 Å². The number of carbonyl (C=O) groups is 1. The monoisotopic (exact) mass is 468 g/mol. The minimum absolute atomic E-state index is 0.224. The number of nitrogens with one attached hydrogen (secondary N) is 1. The maximum absolute atomic E-state index is 12.8. The summed E-state index contributed by atoms with van der Waals surface area (Å²) < 4.78 is 25.2. The molecule has 32 heavy (non-hydrogen) atoms. The largest absolute Gasteiger partial charge is 0.298 e. The SMILES string of the molecule is CS(=O)(=O)N1CCc2cc(C(=O)Nc3nc4c(s3)CN(Cc3ccccc3)CC4)ccc21. The van der Waals surface area contributed by atoms with Gasteiger partial charge in [0.15, 0.2) is 5.13 Å². The molecule has 1 N–H and O–H groups in total. The number of anilines is 2. The highest BCUT2D eigenvalue weighted by Crippen LogP contribution is 2.32. The van der Waals surface area contributed by atoms with Crippen molar-refractivity contribution in [1.82, 2.24) is 9.88 Å². The van der Waals surface area contributed by atoms with E-state index in [-0.39, 0.29) is 5.91 Å². The van der Waals surface area contributed by atoms with Gasteiger partial charge in [-0.15, -0.1) is 11.3 Å². The Balaban J connectivity index is 1.27. The Kier molecular flexibility index (Phi) is 5.48. The van der Waals surface area contributed by atoms with Gasteiger partial charge in [-0.1, -0.05) is 30.3 Å². The summed E-state index contributed by atoms with van der Waals surface area (Å²) >= 11 is 1.53. The van der Waals surface area contributed by atoms with Crippen LogP contribution in [0.5, 0.6) is 0 Å². The molecule has 2 aromatic carbocycles. The van der Waals surface area contributed by atoms with Crippen LogP contribution in [0.15, 0.2) is 48.5 Å². The van der Waals surface area contributed by atoms with E-state index in [1.165, 1.54) is 32.3 Å². The van der Waals surface area contributed by atoms with Crippen LogP contribution in [0.1, 0.15) is 32.1 Å². The predicted octanol–water partition coefficient (Wildman–Crippen LogP) is 3.28. The molecule has 0 saturated heterocycles. The highest BCUT2D eigenvalue weighted by molar-refractivity contribution is 7.92. The molecule has 0 atom stereocenters. The fourth-order valence-corrected chi connectivity index (χ4v) is 6.31. The zero-order valence-corrected chi connectivity index (χ0v) is 19.4. The van der Waals surface area contributed by atoms with E-state index >= 15 is 0 Å². The Morgan fingerprint density at radius 3 is 2.72 bits per heavy atom. The average Bonchev–Trinajstić information content (AvgIpc) is 3.37. The molecule has 0 spiro atoms. The normalized spacial score (nSPS) is 16.0. The van der Waals surface area contributed by atoms with Crippen molar-refractivity contribution in [2.45, 2.75) is 25.9 Å². The van der Waals surface area contributed by atoms with Crippen LogP contribution in [0, 0.1) is 0 Å². The van der Waals surface area contributed by atoms with Crippen LogP contribution in [0.4, 0.5) is 10.8 Å². The topological polar surface area (TPSA) is 82.6 Å². The third-order valence-corrected chi connectivity index (χ3v) is 8.05. The van der Waals surface area contributed by atoms with E-state index in [0.29, 0.717) is 29.3 Å². The zero-order valence-electron chi connectivity index (χ0n) is 17.7. The van der Waals surface area contributed by atoms with E-state index in [1.807, 2.05) is 6.07 Å². The fourth-order valence-electron chi connectivity index (χ4n) is 4.30. The number of nitrogens with zero attached hydrogens (tertiary/aromatic N) is 3. The highest BCUT2D eigenvalue weighted by atomic mass is 32.2. The Bertz CT molecular complexity index is 1270. The summed E-state index contributed by atoms with van der Waals surface area (Å²) in [4.78, 5) is 21.1. The van der Waals surface area contributed by atoms with E-state index in [9.17, 15) is 13.2 Å². The highest BCUT2D eigenvalue weighted by Gasteiger charge is 2.27. The minimum atomic E-state index is -3.30. The number of aromatic nitrogens is 1. The Morgan fingerprint density at radius 1 is 1.12 bits per heavy atom. The van der Waals surface area contributed by atoms with Gasteiger partial charge >= 0.3 is 0 Å². The fraction of sp³-hybridized carbons (Fsp3) is 0.304. The first-order chi connectivity index (χ1) is 15.4. The molecular weight excluding hydrogens is 444 g/mol. The number of fused-ring (bicyclic) bond motifs is 2. The van der Waals surface area contributed by atoms with Crippen molar-refractivity contribution in [3.8, 4) is 0 Å². The molecule has 9 heteroatoms. The molecule has 7 nitrogen and oxygen atoms in total. The van der Waals surface area contributed by atoms with E-state index in [0.717, 1.165) is 37.3 Å². The molecule has 0 aliphatic carbocycles. The zero-order chi connectivity index (χ0) is 22.3. The van der Waals surface area contributed by atoms with Crippen LogP contribution in [-0.2, 0) is 36.0 Å². The van der Waals surface area contributed by atoms with Crippen molar-refractivity contribution in [2.75, 3.05) is 29.0 Å². The molecule has 0 unspecified atom stereocenters. The molecule has 0 bridgehead atoms. The lowest BCUT2D eigenvalue weighted by atomic mass is 10.1. The quantitative estimate of drug-likeness (QED) is 0.621. The second kappa shape index (κ2) is 8.31. The summed E-state index contributed by atoms with van der Waals surface area (Å²) in [7, 11) is -3.30. The maximum atomic E-state index is 12.8. The number of thiazole rings is 1. The molecule has 0 saturated carbocycles. The first-order valence-corrected chi connectivity index (χ1v) is 13.2. The average molecular weight is 469 g/mol. The number of rotatable bonds is 5. The van der Waals surface area contributed by atoms with Crippen LogP contribution < -0.4 is 9.62 Å². The number of amides is 1. The Hall–Kier alpha value is -2.75. The van der Waals surface area contributed by atoms with Gasteiger partial charge in [0.25, 0.3) is 5.91 Å². The third-order valence-electron chi connectivity index (χ3n) is 5.87. The second-order valence-corrected chi connectivity index (χ2v) is 11.2. The summed E-state index contributed by atoms with van der Waals surface area (Å²) in [5, 5.41) is 3.54. The molecular formula is C23H24N4O3S2. The second-order valence-electron chi connectivity index (χ2n) is 8.22. The summed E-state index contributed by atoms with van der Waals surface area (Å²) in [6, 6.07) is 15.6. The lowest BCUT2D eigenvalue weighted by molar-refractivity contribution is 0.102. The van der Waals surface area contributed by atoms with E-state index in [2.05, 4.69) is 39.5 Å². The van der Waals surface area contributed by atoms with Crippen LogP contribution in [0.2, 0.25) is 0 Å². The number of benzene rings is 2. The smallest absolute Gasteiger partial charge is 0.257 e. The van der Waals surface area contributed by atoms with Crippen LogP contribution in [0.3, 0.4) is 0 Å². The van der Waals surface area contributed by atoms with Gasteiger partial charge in [-0.2, -0.15) is 0 Å². The van der Waals surface area contributed by atoms with Crippen molar-refractivity contribution >= 4 is 38.1 Å². The molecule has 5 rings (SSSR count). The van der Waals surface area contributed by atoms with E-state index in [1.54, 1.807) is 18.2 Å². The Labute approximate surface area is 191 Å². The van der Waals surface area contributed by atoms with Gasteiger partial charge in [0.1, 0.15) is 0 Å². The first kappa shape index (κ1) is 21.1. The van der Waals surface area contributed by atoms with Gasteiger partial charge in [0.05, 0.1) is 17.6 Å². The minimum Gasteiger partial charge on any atom is -0.298 e. The summed E-state index contributed by atoms with van der Waals surface area (Å²) in [6.07, 6.45) is 2.68. The van der Waals surface area contributed by atoms with E-state index < -0.39 is 10.0 Å². The number of sulfonamides is 1. The maximum Gasteiger partial charge on any atom is 0.257 e. The molecule has 0 radical (unpaired) electrons. The van der Waals surface area contributed by atoms with Gasteiger partial charge in [0.2, 0.25) is 10.0 Å². The van der Waals surface area contributed by atoms with E-state index in [4.69, 9.17) is 0 Å². The predicted molar refractivity (Wildman–Crippen MR) is 127 cm³/mol. The van der Waals surface area contributed by atoms with Gasteiger partial charge in [-0.3, -0.25) is 19.3 Å². The lowest BCUT2D eigenvalue weighted by Crippen LogP contribution is -2.29. The van der Waals surface area contributed by atoms with Crippen molar-refractivity contribution in [2.24, 2.45) is 0 Å². The lowest BCUT2D eigenvalue weighted by Gasteiger charge is -2.25. The molecule has 1 aromatic heterocycles. The number of hydrogen-bond acceptors (Lipinski definition) is 6. The summed E-state index contributed by atoms with van der Waals surface area (Å²) in [5.74, 6) is -0.224. The van der Waals surface area contributed by atoms with Gasteiger partial charge in [0, 0.05) is 43.0 Å². The first-order valence-electron chi connectivity index (χ1n) is 10.5. The molecule has 1 amide bonds. The molecule has 3 heterocycles. The van der Waals surface area contributed by atoms with Gasteiger partial charge < -0.3 is 0 Å². The van der Waals surface area contributed by atoms with Crippen LogP contribution in [-0.4, -0.2) is 43.6 Å². The van der Waals surface area contributed by atoms with Crippen molar-refractivity contribution in [3.63, 3.8) is 0 Å². The van der Waals surface area contributed by atoms with Gasteiger partial charge in [-0.05, 0) is 35.7 Å². The number of carbonyl (C=O) groups excluding carboxylic acids is 1. The van der Waals surface area contributed by atoms with Crippen molar-refractivity contribution in [1.29, 1.82) is 0 Å². The molecule has 2 aliphatic heterocycles. The molecule has 0 fully saturated rings. The molecule has 3 aromatic rings.